The number of rotatable bonds is 8. The Morgan fingerprint density at radius 3 is 2.64 bits per heavy atom. The van der Waals surface area contributed by atoms with Crippen molar-refractivity contribution in [3.8, 4) is 5.75 Å². The molecule has 0 fully saturated rings. The lowest BCUT2D eigenvalue weighted by Crippen LogP contribution is -2.19. The van der Waals surface area contributed by atoms with Crippen molar-refractivity contribution in [1.29, 1.82) is 0 Å². The number of aromatic nitrogens is 3. The van der Waals surface area contributed by atoms with E-state index in [-0.39, 0.29) is 17.3 Å². The highest BCUT2D eigenvalue weighted by Crippen LogP contribution is 2.37. The molecule has 0 saturated carbocycles. The Hall–Kier alpha value is -5.68. The van der Waals surface area contributed by atoms with Crippen LogP contribution in [-0.4, -0.2) is 37.1 Å². The molecule has 1 aliphatic rings. The van der Waals surface area contributed by atoms with Gasteiger partial charge in [-0.05, 0) is 96.1 Å². The van der Waals surface area contributed by atoms with Gasteiger partial charge in [0.2, 0.25) is 0 Å². The highest BCUT2D eigenvalue weighted by molar-refractivity contribution is 7.84. The highest BCUT2D eigenvalue weighted by atomic mass is 32.2. The number of ether oxygens (including phenoxy) is 1. The number of amides is 1. The number of carbonyl (C=O) groups is 1. The summed E-state index contributed by atoms with van der Waals surface area (Å²) in [5.41, 5.74) is 7.51. The summed E-state index contributed by atoms with van der Waals surface area (Å²) in [5.74, 6) is 0.725. The van der Waals surface area contributed by atoms with Gasteiger partial charge in [-0.15, -0.1) is 0 Å². The summed E-state index contributed by atoms with van der Waals surface area (Å²) in [6, 6.07) is 26.8. The molecule has 47 heavy (non-hydrogen) atoms. The maximum atomic E-state index is 14.1. The van der Waals surface area contributed by atoms with Crippen molar-refractivity contribution in [3.63, 3.8) is 0 Å². The van der Waals surface area contributed by atoms with E-state index < -0.39 is 15.7 Å². The smallest absolute Gasteiger partial charge is 0.269 e. The summed E-state index contributed by atoms with van der Waals surface area (Å²) in [4.78, 5) is 37.5. The number of carbonyl (C=O) groups excluding carboxylic acids is 1. The number of methoxy groups -OCH3 is 1. The number of imidazole rings is 1. The molecule has 10 nitrogen and oxygen atoms in total. The Balaban J connectivity index is 1.19. The van der Waals surface area contributed by atoms with Gasteiger partial charge >= 0.3 is 0 Å². The molecule has 1 aliphatic carbocycles. The Kier molecular flexibility index (Phi) is 8.05. The van der Waals surface area contributed by atoms with E-state index in [1.807, 2.05) is 54.6 Å². The molecule has 1 amide bonds. The number of allylic oxidation sites excluding steroid dienone is 1. The number of H-pyrrole nitrogens is 1. The molecule has 234 valence electrons. The van der Waals surface area contributed by atoms with Crippen molar-refractivity contribution in [2.24, 2.45) is 0 Å². The SMILES string of the molecule is COc1cccc(CS(=O)c2nc3ccc(NC(=O)c4c5c(nc6ccccc46)/C(=C\c4ccc([N+](=O)[O-])cc4)CCC5)cc3[nH]2)c1. The topological polar surface area (TPSA) is 140 Å². The molecule has 2 heterocycles. The van der Waals surface area contributed by atoms with E-state index in [9.17, 15) is 19.1 Å². The zero-order valence-electron chi connectivity index (χ0n) is 25.4. The third kappa shape index (κ3) is 6.12. The third-order valence-electron chi connectivity index (χ3n) is 8.21. The minimum Gasteiger partial charge on any atom is -0.497 e. The van der Waals surface area contributed by atoms with Crippen molar-refractivity contribution in [2.75, 3.05) is 12.4 Å². The van der Waals surface area contributed by atoms with Crippen LogP contribution in [0.1, 0.15) is 45.6 Å². The molecule has 1 unspecified atom stereocenters. The molecule has 11 heteroatoms. The first-order valence-electron chi connectivity index (χ1n) is 15.1. The molecule has 6 aromatic rings. The fraction of sp³-hybridized carbons (Fsp3) is 0.139. The zero-order valence-corrected chi connectivity index (χ0v) is 26.2. The monoisotopic (exact) mass is 643 g/mol. The average molecular weight is 644 g/mol. The number of non-ortho nitro benzene ring substituents is 1. The van der Waals surface area contributed by atoms with Crippen LogP contribution in [0, 0.1) is 10.1 Å². The molecule has 0 radical (unpaired) electrons. The molecule has 4 aromatic carbocycles. The van der Waals surface area contributed by atoms with Gasteiger partial charge in [0.05, 0.1) is 56.4 Å². The van der Waals surface area contributed by atoms with Gasteiger partial charge in [-0.1, -0.05) is 30.3 Å². The van der Waals surface area contributed by atoms with E-state index in [1.165, 1.54) is 12.1 Å². The van der Waals surface area contributed by atoms with Crippen LogP contribution in [0.3, 0.4) is 0 Å². The van der Waals surface area contributed by atoms with Gasteiger partial charge in [0.25, 0.3) is 11.6 Å². The van der Waals surface area contributed by atoms with E-state index in [0.717, 1.165) is 46.2 Å². The highest BCUT2D eigenvalue weighted by Gasteiger charge is 2.25. The number of pyridine rings is 1. The predicted molar refractivity (Wildman–Crippen MR) is 183 cm³/mol. The number of nitro groups is 1. The van der Waals surface area contributed by atoms with Crippen LogP contribution in [0.4, 0.5) is 11.4 Å². The fourth-order valence-electron chi connectivity index (χ4n) is 5.98. The minimum absolute atomic E-state index is 0.0327. The number of nitrogens with one attached hydrogen (secondary N) is 2. The Labute approximate surface area is 272 Å². The van der Waals surface area contributed by atoms with Gasteiger partial charge in [0, 0.05) is 23.2 Å². The largest absolute Gasteiger partial charge is 0.497 e. The fourth-order valence-corrected chi connectivity index (χ4v) is 7.02. The van der Waals surface area contributed by atoms with Gasteiger partial charge in [0.15, 0.2) is 5.16 Å². The molecule has 0 bridgehead atoms. The van der Waals surface area contributed by atoms with E-state index in [2.05, 4.69) is 15.3 Å². The third-order valence-corrected chi connectivity index (χ3v) is 9.43. The first-order chi connectivity index (χ1) is 22.9. The van der Waals surface area contributed by atoms with Crippen molar-refractivity contribution in [3.05, 3.63) is 129 Å². The molecular weight excluding hydrogens is 614 g/mol. The number of hydrogen-bond acceptors (Lipinski definition) is 7. The summed E-state index contributed by atoms with van der Waals surface area (Å²) in [5, 5.41) is 15.3. The number of hydrogen-bond donors (Lipinski definition) is 2. The van der Waals surface area contributed by atoms with Crippen molar-refractivity contribution in [2.45, 2.75) is 30.2 Å². The molecule has 0 spiro atoms. The van der Waals surface area contributed by atoms with Crippen LogP contribution in [0.5, 0.6) is 5.75 Å². The Morgan fingerprint density at radius 2 is 1.83 bits per heavy atom. The summed E-state index contributed by atoms with van der Waals surface area (Å²) in [6.45, 7) is 0. The summed E-state index contributed by atoms with van der Waals surface area (Å²) < 4.78 is 18.4. The second-order valence-electron chi connectivity index (χ2n) is 11.3. The van der Waals surface area contributed by atoms with Crippen molar-refractivity contribution < 1.29 is 18.7 Å². The second kappa shape index (κ2) is 12.6. The van der Waals surface area contributed by atoms with Crippen LogP contribution in [0.25, 0.3) is 33.6 Å². The lowest BCUT2D eigenvalue weighted by molar-refractivity contribution is -0.384. The lowest BCUT2D eigenvalue weighted by atomic mass is 9.85. The van der Waals surface area contributed by atoms with E-state index in [1.54, 1.807) is 37.4 Å². The number of anilines is 1. The lowest BCUT2D eigenvalue weighted by Gasteiger charge is -2.23. The molecule has 7 rings (SSSR count). The maximum absolute atomic E-state index is 14.1. The number of fused-ring (bicyclic) bond motifs is 3. The quantitative estimate of drug-likeness (QED) is 0.130. The molecule has 0 aliphatic heterocycles. The normalized spacial score (nSPS) is 14.2. The summed E-state index contributed by atoms with van der Waals surface area (Å²) in [7, 11) is 0.178. The standard InChI is InChI=1S/C36H29N5O5S/c1-46-27-8-4-6-23(19-27)21-47(45)36-39-31-17-14-25(20-32(31)40-36)37-35(42)33-28-9-2-3-11-30(28)38-34-24(7-5-10-29(33)34)18-22-12-15-26(16-13-22)41(43)44/h2-4,6,8-9,11-20H,5,7,10,21H2,1H3,(H,37,42)(H,39,40)/b24-18-. The van der Waals surface area contributed by atoms with Crippen molar-refractivity contribution >= 4 is 61.7 Å². The summed E-state index contributed by atoms with van der Waals surface area (Å²) in [6.07, 6.45) is 4.29. The number of nitro benzene ring substituents is 1. The first kappa shape index (κ1) is 30.0. The van der Waals surface area contributed by atoms with E-state index >= 15 is 0 Å². The van der Waals surface area contributed by atoms with Crippen LogP contribution >= 0.6 is 0 Å². The maximum Gasteiger partial charge on any atom is 0.269 e. The number of para-hydroxylation sites is 1. The van der Waals surface area contributed by atoms with Gasteiger partial charge in [-0.3, -0.25) is 19.1 Å². The number of aromatic amines is 1. The summed E-state index contributed by atoms with van der Waals surface area (Å²) >= 11 is 0. The minimum atomic E-state index is -1.42. The molecule has 2 N–H and O–H groups in total. The Morgan fingerprint density at radius 1 is 1.00 bits per heavy atom. The van der Waals surface area contributed by atoms with Crippen LogP contribution < -0.4 is 10.1 Å². The Bertz CT molecular complexity index is 2240. The molecular formula is C36H29N5O5S. The average Bonchev–Trinajstić information content (AvgIpc) is 3.51. The zero-order chi connectivity index (χ0) is 32.5. The van der Waals surface area contributed by atoms with Gasteiger partial charge in [-0.2, -0.15) is 0 Å². The van der Waals surface area contributed by atoms with Gasteiger partial charge in [-0.25, -0.2) is 9.97 Å². The number of benzene rings is 4. The number of nitrogens with zero attached hydrogens (tertiary/aromatic N) is 3. The predicted octanol–water partition coefficient (Wildman–Crippen LogP) is 7.46. The molecule has 2 aromatic heterocycles. The van der Waals surface area contributed by atoms with E-state index in [4.69, 9.17) is 9.72 Å². The molecule has 0 saturated heterocycles. The van der Waals surface area contributed by atoms with Crippen LogP contribution in [-0.2, 0) is 23.0 Å². The first-order valence-corrected chi connectivity index (χ1v) is 16.4. The van der Waals surface area contributed by atoms with Crippen LogP contribution in [0.2, 0.25) is 0 Å². The van der Waals surface area contributed by atoms with Gasteiger partial charge in [0.1, 0.15) is 5.75 Å². The molecule has 1 atom stereocenters. The van der Waals surface area contributed by atoms with Crippen LogP contribution in [0.15, 0.2) is 96.2 Å². The van der Waals surface area contributed by atoms with Gasteiger partial charge < -0.3 is 15.0 Å². The van der Waals surface area contributed by atoms with Crippen molar-refractivity contribution in [1.82, 2.24) is 15.0 Å². The van der Waals surface area contributed by atoms with E-state index in [0.29, 0.717) is 45.1 Å². The second-order valence-corrected chi connectivity index (χ2v) is 12.6.